The van der Waals surface area contributed by atoms with Crippen LogP contribution in [-0.4, -0.2) is 12.0 Å². The van der Waals surface area contributed by atoms with Crippen molar-refractivity contribution >= 4 is 11.3 Å². The van der Waals surface area contributed by atoms with Gasteiger partial charge in [-0.2, -0.15) is 0 Å². The molecule has 0 fully saturated rings. The number of rotatable bonds is 4. The van der Waals surface area contributed by atoms with Gasteiger partial charge in [-0.3, -0.25) is 4.98 Å². The molecule has 0 spiro atoms. The Labute approximate surface area is 94.0 Å². The van der Waals surface area contributed by atoms with Crippen LogP contribution in [0, 0.1) is 0 Å². The number of nitrogens with zero attached hydrogens (tertiary/aromatic N) is 1. The molecular formula is C12H14N2S. The molecule has 78 valence electrons. The lowest BCUT2D eigenvalue weighted by Crippen LogP contribution is -2.02. The summed E-state index contributed by atoms with van der Waals surface area (Å²) in [5.74, 6) is 0. The highest BCUT2D eigenvalue weighted by molar-refractivity contribution is 7.10. The van der Waals surface area contributed by atoms with E-state index in [-0.39, 0.29) is 0 Å². The molecule has 0 atom stereocenters. The van der Waals surface area contributed by atoms with Gasteiger partial charge in [0.05, 0.1) is 0 Å². The predicted molar refractivity (Wildman–Crippen MR) is 64.1 cm³/mol. The molecule has 0 aliphatic rings. The topological polar surface area (TPSA) is 24.9 Å². The van der Waals surface area contributed by atoms with E-state index in [1.54, 1.807) is 0 Å². The minimum Gasteiger partial charge on any atom is -0.315 e. The van der Waals surface area contributed by atoms with Crippen molar-refractivity contribution in [2.45, 2.75) is 13.0 Å². The Bertz CT molecular complexity index is 409. The molecule has 2 rings (SSSR count). The van der Waals surface area contributed by atoms with E-state index in [4.69, 9.17) is 0 Å². The lowest BCUT2D eigenvalue weighted by molar-refractivity contribution is 0.830. The van der Waals surface area contributed by atoms with E-state index in [2.05, 4.69) is 33.9 Å². The van der Waals surface area contributed by atoms with E-state index in [0.717, 1.165) is 13.0 Å². The first-order valence-corrected chi connectivity index (χ1v) is 5.86. The fourth-order valence-electron chi connectivity index (χ4n) is 1.52. The molecule has 0 aliphatic heterocycles. The molecule has 2 heterocycles. The standard InChI is InChI=1S/C12H14N2S/c1-13-8-12-7-11(9-15-12)6-10-2-4-14-5-3-10/h2-5,7,9,13H,6,8H2,1H3. The van der Waals surface area contributed by atoms with Crippen molar-refractivity contribution in [3.63, 3.8) is 0 Å². The number of thiophene rings is 1. The molecule has 0 aliphatic carbocycles. The summed E-state index contributed by atoms with van der Waals surface area (Å²) in [6.45, 7) is 0.959. The quantitative estimate of drug-likeness (QED) is 0.852. The lowest BCUT2D eigenvalue weighted by Gasteiger charge is -1.97. The minimum atomic E-state index is 0.959. The van der Waals surface area contributed by atoms with E-state index < -0.39 is 0 Å². The third-order valence-corrected chi connectivity index (χ3v) is 3.20. The zero-order valence-electron chi connectivity index (χ0n) is 8.73. The normalized spacial score (nSPS) is 10.5. The highest BCUT2D eigenvalue weighted by Crippen LogP contribution is 2.17. The maximum atomic E-state index is 4.01. The smallest absolute Gasteiger partial charge is 0.0296 e. The minimum absolute atomic E-state index is 0.959. The second kappa shape index (κ2) is 5.05. The van der Waals surface area contributed by atoms with Crippen LogP contribution in [0.4, 0.5) is 0 Å². The number of pyridine rings is 1. The van der Waals surface area contributed by atoms with Crippen molar-refractivity contribution < 1.29 is 0 Å². The summed E-state index contributed by atoms with van der Waals surface area (Å²) in [6, 6.07) is 6.40. The van der Waals surface area contributed by atoms with Crippen molar-refractivity contribution in [2.75, 3.05) is 7.05 Å². The lowest BCUT2D eigenvalue weighted by atomic mass is 10.1. The molecular weight excluding hydrogens is 204 g/mol. The van der Waals surface area contributed by atoms with Gasteiger partial charge in [0, 0.05) is 23.8 Å². The van der Waals surface area contributed by atoms with E-state index >= 15 is 0 Å². The Morgan fingerprint density at radius 3 is 2.80 bits per heavy atom. The van der Waals surface area contributed by atoms with Crippen LogP contribution in [-0.2, 0) is 13.0 Å². The van der Waals surface area contributed by atoms with Gasteiger partial charge in [-0.1, -0.05) is 0 Å². The van der Waals surface area contributed by atoms with Crippen LogP contribution in [0.3, 0.4) is 0 Å². The summed E-state index contributed by atoms with van der Waals surface area (Å²) < 4.78 is 0. The van der Waals surface area contributed by atoms with Crippen LogP contribution in [0.1, 0.15) is 16.0 Å². The Balaban J connectivity index is 2.05. The second-order valence-electron chi connectivity index (χ2n) is 3.48. The van der Waals surface area contributed by atoms with Crippen molar-refractivity contribution in [3.8, 4) is 0 Å². The SMILES string of the molecule is CNCc1cc(Cc2ccncc2)cs1. The van der Waals surface area contributed by atoms with Crippen molar-refractivity contribution in [2.24, 2.45) is 0 Å². The second-order valence-corrected chi connectivity index (χ2v) is 4.48. The monoisotopic (exact) mass is 218 g/mol. The fourth-order valence-corrected chi connectivity index (χ4v) is 2.42. The first-order valence-electron chi connectivity index (χ1n) is 4.98. The molecule has 0 saturated heterocycles. The molecule has 15 heavy (non-hydrogen) atoms. The van der Waals surface area contributed by atoms with Gasteiger partial charge in [-0.25, -0.2) is 0 Å². The molecule has 0 aromatic carbocycles. The zero-order chi connectivity index (χ0) is 10.5. The molecule has 2 nitrogen and oxygen atoms in total. The van der Waals surface area contributed by atoms with Crippen LogP contribution in [0.15, 0.2) is 36.0 Å². The molecule has 1 N–H and O–H groups in total. The average molecular weight is 218 g/mol. The van der Waals surface area contributed by atoms with E-state index in [1.165, 1.54) is 16.0 Å². The van der Waals surface area contributed by atoms with Gasteiger partial charge in [0.1, 0.15) is 0 Å². The predicted octanol–water partition coefficient (Wildman–Crippen LogP) is 2.45. The van der Waals surface area contributed by atoms with Crippen molar-refractivity contribution in [1.82, 2.24) is 10.3 Å². The van der Waals surface area contributed by atoms with Gasteiger partial charge in [-0.15, -0.1) is 11.3 Å². The molecule has 0 bridgehead atoms. The van der Waals surface area contributed by atoms with Gasteiger partial charge in [0.15, 0.2) is 0 Å². The highest BCUT2D eigenvalue weighted by Gasteiger charge is 2.00. The molecule has 2 aromatic heterocycles. The summed E-state index contributed by atoms with van der Waals surface area (Å²) in [5.41, 5.74) is 2.70. The van der Waals surface area contributed by atoms with Crippen LogP contribution in [0.5, 0.6) is 0 Å². The van der Waals surface area contributed by atoms with Crippen molar-refractivity contribution in [3.05, 3.63) is 52.0 Å². The maximum Gasteiger partial charge on any atom is 0.0296 e. The van der Waals surface area contributed by atoms with Gasteiger partial charge in [-0.05, 0) is 48.2 Å². The van der Waals surface area contributed by atoms with Gasteiger partial charge >= 0.3 is 0 Å². The molecule has 3 heteroatoms. The van der Waals surface area contributed by atoms with Crippen LogP contribution < -0.4 is 5.32 Å². The third-order valence-electron chi connectivity index (χ3n) is 2.22. The van der Waals surface area contributed by atoms with Gasteiger partial charge in [0.25, 0.3) is 0 Å². The Kier molecular flexibility index (Phi) is 3.48. The van der Waals surface area contributed by atoms with Crippen molar-refractivity contribution in [1.29, 1.82) is 0 Å². The molecule has 0 amide bonds. The summed E-state index contributed by atoms with van der Waals surface area (Å²) in [5, 5.41) is 5.39. The largest absolute Gasteiger partial charge is 0.315 e. The van der Waals surface area contributed by atoms with E-state index in [9.17, 15) is 0 Å². The fraction of sp³-hybridized carbons (Fsp3) is 0.250. The average Bonchev–Trinajstić information content (AvgIpc) is 2.68. The van der Waals surface area contributed by atoms with Gasteiger partial charge < -0.3 is 5.32 Å². The Morgan fingerprint density at radius 2 is 2.07 bits per heavy atom. The number of nitrogens with one attached hydrogen (secondary N) is 1. The maximum absolute atomic E-state index is 4.01. The third kappa shape index (κ3) is 2.88. The number of hydrogen-bond donors (Lipinski definition) is 1. The Hall–Kier alpha value is -1.19. The van der Waals surface area contributed by atoms with Gasteiger partial charge in [0.2, 0.25) is 0 Å². The number of hydrogen-bond acceptors (Lipinski definition) is 3. The summed E-state index contributed by atoms with van der Waals surface area (Å²) in [7, 11) is 1.97. The summed E-state index contributed by atoms with van der Waals surface area (Å²) >= 11 is 1.82. The summed E-state index contributed by atoms with van der Waals surface area (Å²) in [4.78, 5) is 5.40. The van der Waals surface area contributed by atoms with Crippen LogP contribution in [0.25, 0.3) is 0 Å². The van der Waals surface area contributed by atoms with Crippen LogP contribution >= 0.6 is 11.3 Å². The zero-order valence-corrected chi connectivity index (χ0v) is 9.55. The molecule has 0 unspecified atom stereocenters. The van der Waals surface area contributed by atoms with Crippen LogP contribution in [0.2, 0.25) is 0 Å². The molecule has 0 saturated carbocycles. The highest BCUT2D eigenvalue weighted by atomic mass is 32.1. The Morgan fingerprint density at radius 1 is 1.27 bits per heavy atom. The van der Waals surface area contributed by atoms with E-state index in [0.29, 0.717) is 0 Å². The number of aromatic nitrogens is 1. The molecule has 0 radical (unpaired) electrons. The first kappa shape index (κ1) is 10.3. The first-order chi connectivity index (χ1) is 7.38. The summed E-state index contributed by atoms with van der Waals surface area (Å²) in [6.07, 6.45) is 4.69. The molecule has 2 aromatic rings. The van der Waals surface area contributed by atoms with E-state index in [1.807, 2.05) is 30.8 Å².